The number of hydrogen-bond acceptors (Lipinski definition) is 6. The predicted molar refractivity (Wildman–Crippen MR) is 184 cm³/mol. The number of nitrogens with one attached hydrogen (secondary N) is 3. The van der Waals surface area contributed by atoms with Gasteiger partial charge in [0.25, 0.3) is 0 Å². The van der Waals surface area contributed by atoms with Gasteiger partial charge in [-0.25, -0.2) is 14.8 Å². The minimum atomic E-state index is -0.648. The molecule has 0 spiro atoms. The van der Waals surface area contributed by atoms with Crippen molar-refractivity contribution >= 4 is 17.9 Å². The highest BCUT2D eigenvalue weighted by molar-refractivity contribution is 5.86. The van der Waals surface area contributed by atoms with Crippen LogP contribution in [-0.2, 0) is 40.0 Å². The molecule has 11 nitrogen and oxygen atoms in total. The maximum absolute atomic E-state index is 13.4. The van der Waals surface area contributed by atoms with Gasteiger partial charge in [-0.3, -0.25) is 9.59 Å². The fourth-order valence-electron chi connectivity index (χ4n) is 7.01. The van der Waals surface area contributed by atoms with E-state index in [4.69, 9.17) is 14.7 Å². The van der Waals surface area contributed by atoms with Gasteiger partial charge in [-0.15, -0.1) is 0 Å². The van der Waals surface area contributed by atoms with E-state index in [1.165, 1.54) is 18.2 Å². The largest absolute Gasteiger partial charge is 0.453 e. The lowest BCUT2D eigenvalue weighted by Crippen LogP contribution is -2.51. The quantitative estimate of drug-likeness (QED) is 0.215. The van der Waals surface area contributed by atoms with Crippen molar-refractivity contribution in [3.8, 4) is 0 Å². The Bertz CT molecular complexity index is 1530. The van der Waals surface area contributed by atoms with Crippen LogP contribution in [0.15, 0.2) is 36.7 Å². The number of methoxy groups -OCH3 is 1. The summed E-state index contributed by atoms with van der Waals surface area (Å²) in [4.78, 5) is 58.5. The van der Waals surface area contributed by atoms with Crippen molar-refractivity contribution in [1.82, 2.24) is 35.1 Å². The molecule has 2 saturated heterocycles. The fourth-order valence-corrected chi connectivity index (χ4v) is 7.01. The van der Waals surface area contributed by atoms with Crippen molar-refractivity contribution in [3.63, 3.8) is 0 Å². The van der Waals surface area contributed by atoms with Crippen molar-refractivity contribution in [2.24, 2.45) is 17.8 Å². The number of rotatable bonds is 13. The second kappa shape index (κ2) is 15.8. The number of H-pyrrole nitrogens is 2. The molecule has 5 rings (SSSR count). The maximum Gasteiger partial charge on any atom is 0.407 e. The standard InChI is InChI=1S/C37H53N7O4/c1-23(2)18-32(45)44-22-25(5)19-31(44)35-39-21-29(41-35)16-14-27-11-9-26(10-12-27)13-15-28-20-38-34(40-28)30-8-7-17-43(30)36(46)33(24(3)4)42-37(47)48-6/h9-12,20-21,23-25,30-31,33H,7-8,13-19,22H2,1-6H3,(H,38,40)(H,39,41)(H,42,47)/t25-,30-,31-,33-/m0/s1. The van der Waals surface area contributed by atoms with Gasteiger partial charge in [-0.1, -0.05) is 58.9 Å². The number of ether oxygens (including phenoxy) is 1. The van der Waals surface area contributed by atoms with Crippen LogP contribution in [0.5, 0.6) is 0 Å². The number of benzene rings is 1. The van der Waals surface area contributed by atoms with Crippen molar-refractivity contribution < 1.29 is 19.1 Å². The summed E-state index contributed by atoms with van der Waals surface area (Å²) in [5.74, 6) is 2.58. The van der Waals surface area contributed by atoms with E-state index in [0.717, 1.165) is 74.5 Å². The molecule has 0 saturated carbocycles. The molecule has 0 aliphatic carbocycles. The summed E-state index contributed by atoms with van der Waals surface area (Å²) in [5.41, 5.74) is 4.51. The minimum absolute atomic E-state index is 0.0389. The Hall–Kier alpha value is -4.15. The first kappa shape index (κ1) is 35.2. The summed E-state index contributed by atoms with van der Waals surface area (Å²) in [7, 11) is 1.30. The Balaban J connectivity index is 1.11. The van der Waals surface area contributed by atoms with Crippen molar-refractivity contribution in [3.05, 3.63) is 70.8 Å². The molecule has 2 fully saturated rings. The zero-order valence-corrected chi connectivity index (χ0v) is 29.4. The predicted octanol–water partition coefficient (Wildman–Crippen LogP) is 5.70. The number of aryl methyl sites for hydroxylation is 4. The van der Waals surface area contributed by atoms with Gasteiger partial charge in [0.05, 0.1) is 30.6 Å². The number of aromatic amines is 2. The first-order valence-corrected chi connectivity index (χ1v) is 17.6. The number of amides is 3. The smallest absolute Gasteiger partial charge is 0.407 e. The molecule has 2 aliphatic rings. The molecule has 0 bridgehead atoms. The molecule has 260 valence electrons. The number of carbonyl (C=O) groups is 3. The van der Waals surface area contributed by atoms with E-state index in [1.54, 1.807) is 0 Å². The molecule has 1 aromatic carbocycles. The van der Waals surface area contributed by atoms with Crippen LogP contribution in [0, 0.1) is 17.8 Å². The second-order valence-electron chi connectivity index (χ2n) is 14.4. The number of carbonyl (C=O) groups excluding carboxylic acids is 3. The summed E-state index contributed by atoms with van der Waals surface area (Å²) < 4.78 is 4.74. The average Bonchev–Trinajstić information content (AvgIpc) is 3.88. The Labute approximate surface area is 284 Å². The summed E-state index contributed by atoms with van der Waals surface area (Å²) in [6.45, 7) is 11.7. The summed E-state index contributed by atoms with van der Waals surface area (Å²) in [6, 6.07) is 8.02. The van der Waals surface area contributed by atoms with E-state index in [2.05, 4.69) is 60.3 Å². The molecule has 2 aromatic heterocycles. The van der Waals surface area contributed by atoms with Crippen LogP contribution >= 0.6 is 0 Å². The first-order valence-electron chi connectivity index (χ1n) is 17.6. The lowest BCUT2D eigenvalue weighted by atomic mass is 10.0. The molecule has 3 aromatic rings. The van der Waals surface area contributed by atoms with Gasteiger partial charge < -0.3 is 29.8 Å². The highest BCUT2D eigenvalue weighted by atomic mass is 16.5. The van der Waals surface area contributed by atoms with Gasteiger partial charge in [-0.2, -0.15) is 0 Å². The SMILES string of the molecule is COC(=O)N[C@H](C(=O)N1CCC[C@H]1c1nc(CCc2ccc(CCc3c[nH]c([C@@H]4C[C@H](C)CN4C(=O)CC(C)C)n3)cc2)c[nH]1)C(C)C. The third-order valence-electron chi connectivity index (χ3n) is 9.64. The van der Waals surface area contributed by atoms with Crippen LogP contribution in [0.3, 0.4) is 0 Å². The highest BCUT2D eigenvalue weighted by Crippen LogP contribution is 2.35. The third kappa shape index (κ3) is 8.65. The topological polar surface area (TPSA) is 136 Å². The monoisotopic (exact) mass is 659 g/mol. The zero-order chi connectivity index (χ0) is 34.4. The van der Waals surface area contributed by atoms with E-state index in [9.17, 15) is 14.4 Å². The third-order valence-corrected chi connectivity index (χ3v) is 9.64. The van der Waals surface area contributed by atoms with Gasteiger partial charge in [0.2, 0.25) is 11.8 Å². The Morgan fingerprint density at radius 3 is 2.02 bits per heavy atom. The normalized spacial score (nSPS) is 20.1. The number of imidazole rings is 2. The molecule has 3 amide bonds. The minimum Gasteiger partial charge on any atom is -0.453 e. The molecule has 2 aliphatic heterocycles. The van der Waals surface area contributed by atoms with Gasteiger partial charge in [-0.05, 0) is 73.8 Å². The molecule has 0 unspecified atom stereocenters. The highest BCUT2D eigenvalue weighted by Gasteiger charge is 2.38. The number of alkyl carbamates (subject to hydrolysis) is 1. The summed E-state index contributed by atoms with van der Waals surface area (Å²) in [6.07, 6.45) is 9.99. The van der Waals surface area contributed by atoms with Crippen LogP contribution in [-0.4, -0.2) is 73.9 Å². The van der Waals surface area contributed by atoms with Crippen molar-refractivity contribution in [2.75, 3.05) is 20.2 Å². The number of aromatic nitrogens is 4. The lowest BCUT2D eigenvalue weighted by Gasteiger charge is -2.29. The van der Waals surface area contributed by atoms with Crippen LogP contribution in [0.1, 0.15) is 107 Å². The van der Waals surface area contributed by atoms with Gasteiger partial charge >= 0.3 is 6.09 Å². The molecular formula is C37H53N7O4. The number of likely N-dealkylation sites (tertiary alicyclic amines) is 2. The fraction of sp³-hybridized carbons (Fsp3) is 0.595. The number of hydrogen-bond donors (Lipinski definition) is 3. The summed E-state index contributed by atoms with van der Waals surface area (Å²) in [5, 5.41) is 2.70. The van der Waals surface area contributed by atoms with Crippen LogP contribution in [0.25, 0.3) is 0 Å². The molecular weight excluding hydrogens is 606 g/mol. The molecule has 3 N–H and O–H groups in total. The van der Waals surface area contributed by atoms with Gasteiger partial charge in [0.15, 0.2) is 0 Å². The van der Waals surface area contributed by atoms with E-state index in [0.29, 0.717) is 24.8 Å². The van der Waals surface area contributed by atoms with E-state index >= 15 is 0 Å². The maximum atomic E-state index is 13.4. The Kier molecular flexibility index (Phi) is 11.6. The van der Waals surface area contributed by atoms with Gasteiger partial charge in [0, 0.05) is 31.9 Å². The average molecular weight is 660 g/mol. The first-order chi connectivity index (χ1) is 23.0. The van der Waals surface area contributed by atoms with Crippen molar-refractivity contribution in [2.45, 2.75) is 104 Å². The Morgan fingerprint density at radius 2 is 1.48 bits per heavy atom. The molecule has 4 heterocycles. The van der Waals surface area contributed by atoms with Crippen LogP contribution in [0.2, 0.25) is 0 Å². The summed E-state index contributed by atoms with van der Waals surface area (Å²) >= 11 is 0. The lowest BCUT2D eigenvalue weighted by molar-refractivity contribution is -0.135. The van der Waals surface area contributed by atoms with Crippen molar-refractivity contribution in [1.29, 1.82) is 0 Å². The van der Waals surface area contributed by atoms with E-state index in [-0.39, 0.29) is 29.8 Å². The van der Waals surface area contributed by atoms with E-state index in [1.807, 2.05) is 36.0 Å². The Morgan fingerprint density at radius 1 is 0.896 bits per heavy atom. The molecule has 4 atom stereocenters. The zero-order valence-electron chi connectivity index (χ0n) is 29.4. The molecule has 48 heavy (non-hydrogen) atoms. The van der Waals surface area contributed by atoms with E-state index < -0.39 is 12.1 Å². The van der Waals surface area contributed by atoms with Crippen LogP contribution < -0.4 is 5.32 Å². The number of nitrogens with zero attached hydrogens (tertiary/aromatic N) is 4. The molecule has 0 radical (unpaired) electrons. The second-order valence-corrected chi connectivity index (χ2v) is 14.4. The van der Waals surface area contributed by atoms with Gasteiger partial charge in [0.1, 0.15) is 17.7 Å². The molecule has 11 heteroatoms. The van der Waals surface area contributed by atoms with Crippen LogP contribution in [0.4, 0.5) is 4.79 Å².